The second-order valence-electron chi connectivity index (χ2n) is 4.42. The van der Waals surface area contributed by atoms with Crippen LogP contribution in [0.15, 0.2) is 48.8 Å². The van der Waals surface area contributed by atoms with E-state index in [1.807, 2.05) is 44.3 Å². The second-order valence-corrected chi connectivity index (χ2v) is 4.42. The first-order valence-electron chi connectivity index (χ1n) is 6.09. The van der Waals surface area contributed by atoms with Crippen molar-refractivity contribution in [3.63, 3.8) is 0 Å². The minimum absolute atomic E-state index is 0.0404. The minimum Gasteiger partial charge on any atom is -0.303 e. The van der Waals surface area contributed by atoms with E-state index in [0.29, 0.717) is 5.56 Å². The van der Waals surface area contributed by atoms with Gasteiger partial charge in [-0.05, 0) is 31.5 Å². The topological polar surface area (TPSA) is 24.9 Å². The van der Waals surface area contributed by atoms with Crippen molar-refractivity contribution in [1.29, 1.82) is 0 Å². The van der Waals surface area contributed by atoms with Crippen LogP contribution in [-0.4, -0.2) is 4.98 Å². The van der Waals surface area contributed by atoms with Crippen molar-refractivity contribution in [3.8, 4) is 0 Å². The first-order chi connectivity index (χ1) is 8.68. The SMILES string of the molecule is CC(N[C@H](C)c1ccccc1F)c1cccnc1. The van der Waals surface area contributed by atoms with E-state index in [9.17, 15) is 4.39 Å². The lowest BCUT2D eigenvalue weighted by Crippen LogP contribution is -2.23. The van der Waals surface area contributed by atoms with Crippen LogP contribution < -0.4 is 5.32 Å². The van der Waals surface area contributed by atoms with Gasteiger partial charge in [-0.1, -0.05) is 24.3 Å². The molecular weight excluding hydrogens is 227 g/mol. The van der Waals surface area contributed by atoms with E-state index in [4.69, 9.17) is 0 Å². The Balaban J connectivity index is 2.08. The van der Waals surface area contributed by atoms with Crippen LogP contribution in [0.25, 0.3) is 0 Å². The average molecular weight is 244 g/mol. The molecule has 1 N–H and O–H groups in total. The van der Waals surface area contributed by atoms with Crippen LogP contribution >= 0.6 is 0 Å². The molecule has 0 bridgehead atoms. The molecule has 0 aliphatic rings. The Morgan fingerprint density at radius 3 is 2.50 bits per heavy atom. The molecule has 0 radical (unpaired) electrons. The summed E-state index contributed by atoms with van der Waals surface area (Å²) in [6, 6.07) is 10.9. The Bertz CT molecular complexity index is 499. The van der Waals surface area contributed by atoms with E-state index < -0.39 is 0 Å². The molecule has 0 fully saturated rings. The van der Waals surface area contributed by atoms with Crippen molar-refractivity contribution >= 4 is 0 Å². The minimum atomic E-state index is -0.170. The van der Waals surface area contributed by atoms with Gasteiger partial charge in [-0.2, -0.15) is 0 Å². The van der Waals surface area contributed by atoms with Gasteiger partial charge >= 0.3 is 0 Å². The van der Waals surface area contributed by atoms with Crippen LogP contribution in [0.4, 0.5) is 4.39 Å². The molecule has 0 saturated heterocycles. The number of halogens is 1. The molecule has 2 aromatic rings. The maximum absolute atomic E-state index is 13.6. The first-order valence-corrected chi connectivity index (χ1v) is 6.09. The normalized spacial score (nSPS) is 14.2. The molecule has 0 aliphatic carbocycles. The number of hydrogen-bond acceptors (Lipinski definition) is 2. The number of rotatable bonds is 4. The Morgan fingerprint density at radius 1 is 1.06 bits per heavy atom. The van der Waals surface area contributed by atoms with Gasteiger partial charge in [0.1, 0.15) is 5.82 Å². The van der Waals surface area contributed by atoms with Crippen LogP contribution in [0.1, 0.15) is 37.1 Å². The Kier molecular flexibility index (Phi) is 4.05. The number of benzene rings is 1. The summed E-state index contributed by atoms with van der Waals surface area (Å²) in [5, 5.41) is 3.37. The van der Waals surface area contributed by atoms with Gasteiger partial charge in [0, 0.05) is 30.0 Å². The molecule has 2 nitrogen and oxygen atoms in total. The summed E-state index contributed by atoms with van der Waals surface area (Å²) >= 11 is 0. The fraction of sp³-hybridized carbons (Fsp3) is 0.267. The maximum Gasteiger partial charge on any atom is 0.127 e. The molecule has 1 aromatic heterocycles. The lowest BCUT2D eigenvalue weighted by atomic mass is 10.0. The van der Waals surface area contributed by atoms with Gasteiger partial charge < -0.3 is 5.32 Å². The van der Waals surface area contributed by atoms with Crippen molar-refractivity contribution < 1.29 is 4.39 Å². The summed E-state index contributed by atoms with van der Waals surface area (Å²) in [5.74, 6) is -0.170. The first kappa shape index (κ1) is 12.7. The summed E-state index contributed by atoms with van der Waals surface area (Å²) < 4.78 is 13.6. The second kappa shape index (κ2) is 5.74. The van der Waals surface area contributed by atoms with Crippen molar-refractivity contribution in [2.75, 3.05) is 0 Å². The van der Waals surface area contributed by atoms with Gasteiger partial charge in [-0.15, -0.1) is 0 Å². The number of pyridine rings is 1. The third kappa shape index (κ3) is 2.93. The highest BCUT2D eigenvalue weighted by Crippen LogP contribution is 2.20. The van der Waals surface area contributed by atoms with Crippen LogP contribution in [0, 0.1) is 5.82 Å². The summed E-state index contributed by atoms with van der Waals surface area (Å²) in [5.41, 5.74) is 1.79. The molecule has 2 rings (SSSR count). The standard InChI is InChI=1S/C15H17FN2/c1-11(13-6-5-9-17-10-13)18-12(2)14-7-3-4-8-15(14)16/h3-12,18H,1-2H3/t11?,12-/m1/s1. The maximum atomic E-state index is 13.6. The summed E-state index contributed by atoms with van der Waals surface area (Å²) in [4.78, 5) is 4.09. The molecule has 0 amide bonds. The molecule has 0 aliphatic heterocycles. The fourth-order valence-corrected chi connectivity index (χ4v) is 2.02. The van der Waals surface area contributed by atoms with Crippen molar-refractivity contribution in [3.05, 3.63) is 65.7 Å². The zero-order chi connectivity index (χ0) is 13.0. The molecule has 0 saturated carbocycles. The van der Waals surface area contributed by atoms with E-state index in [2.05, 4.69) is 10.3 Å². The predicted octanol–water partition coefficient (Wildman–Crippen LogP) is 3.63. The molecule has 0 spiro atoms. The molecule has 18 heavy (non-hydrogen) atoms. The molecule has 1 aromatic carbocycles. The lowest BCUT2D eigenvalue weighted by molar-refractivity contribution is 0.473. The van der Waals surface area contributed by atoms with Gasteiger partial charge in [-0.3, -0.25) is 4.98 Å². The number of aromatic nitrogens is 1. The summed E-state index contributed by atoms with van der Waals surface area (Å²) in [7, 11) is 0. The van der Waals surface area contributed by atoms with E-state index in [-0.39, 0.29) is 17.9 Å². The highest BCUT2D eigenvalue weighted by atomic mass is 19.1. The zero-order valence-electron chi connectivity index (χ0n) is 10.6. The largest absolute Gasteiger partial charge is 0.303 e. The molecule has 3 heteroatoms. The number of nitrogens with one attached hydrogen (secondary N) is 1. The molecule has 1 heterocycles. The molecular formula is C15H17FN2. The Hall–Kier alpha value is -1.74. The number of nitrogens with zero attached hydrogens (tertiary/aromatic N) is 1. The third-order valence-electron chi connectivity index (χ3n) is 3.06. The van der Waals surface area contributed by atoms with Gasteiger partial charge in [0.2, 0.25) is 0 Å². The van der Waals surface area contributed by atoms with Gasteiger partial charge in [-0.25, -0.2) is 4.39 Å². The highest BCUT2D eigenvalue weighted by molar-refractivity contribution is 5.21. The van der Waals surface area contributed by atoms with E-state index in [0.717, 1.165) is 5.56 Å². The molecule has 94 valence electrons. The highest BCUT2D eigenvalue weighted by Gasteiger charge is 2.13. The van der Waals surface area contributed by atoms with Gasteiger partial charge in [0.25, 0.3) is 0 Å². The summed E-state index contributed by atoms with van der Waals surface area (Å²) in [6.45, 7) is 4.01. The number of hydrogen-bond donors (Lipinski definition) is 1. The van der Waals surface area contributed by atoms with Crippen molar-refractivity contribution in [1.82, 2.24) is 10.3 Å². The van der Waals surface area contributed by atoms with Crippen molar-refractivity contribution in [2.24, 2.45) is 0 Å². The third-order valence-corrected chi connectivity index (χ3v) is 3.06. The smallest absolute Gasteiger partial charge is 0.127 e. The quantitative estimate of drug-likeness (QED) is 0.888. The van der Waals surface area contributed by atoms with Crippen LogP contribution in [-0.2, 0) is 0 Å². The van der Waals surface area contributed by atoms with Gasteiger partial charge in [0.05, 0.1) is 0 Å². The van der Waals surface area contributed by atoms with Crippen LogP contribution in [0.3, 0.4) is 0 Å². The fourth-order valence-electron chi connectivity index (χ4n) is 2.02. The van der Waals surface area contributed by atoms with Crippen LogP contribution in [0.5, 0.6) is 0 Å². The van der Waals surface area contributed by atoms with Crippen LogP contribution in [0.2, 0.25) is 0 Å². The van der Waals surface area contributed by atoms with E-state index in [1.54, 1.807) is 12.3 Å². The van der Waals surface area contributed by atoms with Gasteiger partial charge in [0.15, 0.2) is 0 Å². The zero-order valence-corrected chi connectivity index (χ0v) is 10.6. The van der Waals surface area contributed by atoms with E-state index >= 15 is 0 Å². The Morgan fingerprint density at radius 2 is 1.83 bits per heavy atom. The average Bonchev–Trinajstić information content (AvgIpc) is 2.40. The molecule has 2 atom stereocenters. The molecule has 1 unspecified atom stereocenters. The summed E-state index contributed by atoms with van der Waals surface area (Å²) in [6.07, 6.45) is 3.57. The predicted molar refractivity (Wildman–Crippen MR) is 70.6 cm³/mol. The lowest BCUT2D eigenvalue weighted by Gasteiger charge is -2.20. The Labute approximate surface area is 107 Å². The van der Waals surface area contributed by atoms with Crippen molar-refractivity contribution in [2.45, 2.75) is 25.9 Å². The monoisotopic (exact) mass is 244 g/mol. The van der Waals surface area contributed by atoms with E-state index in [1.165, 1.54) is 6.07 Å².